The first-order valence-corrected chi connectivity index (χ1v) is 7.39. The van der Waals surface area contributed by atoms with Crippen molar-refractivity contribution in [3.05, 3.63) is 0 Å². The quantitative estimate of drug-likeness (QED) is 0.653. The van der Waals surface area contributed by atoms with Gasteiger partial charge >= 0.3 is 0 Å². The number of carbonyl (C=O) groups is 1. The van der Waals surface area contributed by atoms with Crippen molar-refractivity contribution in [2.24, 2.45) is 5.73 Å². The standard InChI is InChI=1S/C14H28N2O2/c1-2-7-13(15)14(17)16-10-6-11-18-12-8-4-3-5-9-12/h12-13H,2-11,15H2,1H3,(H,16,17). The van der Waals surface area contributed by atoms with Crippen molar-refractivity contribution in [3.63, 3.8) is 0 Å². The minimum absolute atomic E-state index is 0.0329. The third-order valence-electron chi connectivity index (χ3n) is 3.46. The number of hydrogen-bond acceptors (Lipinski definition) is 3. The van der Waals surface area contributed by atoms with Gasteiger partial charge in [0.15, 0.2) is 0 Å². The van der Waals surface area contributed by atoms with E-state index >= 15 is 0 Å². The Kier molecular flexibility index (Phi) is 8.01. The monoisotopic (exact) mass is 256 g/mol. The van der Waals surface area contributed by atoms with Crippen molar-refractivity contribution in [1.29, 1.82) is 0 Å². The Morgan fingerprint density at radius 1 is 1.39 bits per heavy atom. The second-order valence-electron chi connectivity index (χ2n) is 5.17. The molecule has 1 unspecified atom stereocenters. The lowest BCUT2D eigenvalue weighted by Crippen LogP contribution is -2.41. The van der Waals surface area contributed by atoms with E-state index in [4.69, 9.17) is 10.5 Å². The highest BCUT2D eigenvalue weighted by Gasteiger charge is 2.13. The van der Waals surface area contributed by atoms with Crippen LogP contribution in [0.15, 0.2) is 0 Å². The summed E-state index contributed by atoms with van der Waals surface area (Å²) in [5.74, 6) is -0.0329. The number of carbonyl (C=O) groups excluding carboxylic acids is 1. The van der Waals surface area contributed by atoms with E-state index in [1.807, 2.05) is 6.92 Å². The zero-order valence-corrected chi connectivity index (χ0v) is 11.6. The van der Waals surface area contributed by atoms with Gasteiger partial charge in [-0.2, -0.15) is 0 Å². The molecule has 18 heavy (non-hydrogen) atoms. The summed E-state index contributed by atoms with van der Waals surface area (Å²) in [6.45, 7) is 3.45. The third-order valence-corrected chi connectivity index (χ3v) is 3.46. The topological polar surface area (TPSA) is 64.4 Å². The molecule has 0 bridgehead atoms. The van der Waals surface area contributed by atoms with Gasteiger partial charge in [0.1, 0.15) is 0 Å². The van der Waals surface area contributed by atoms with Gasteiger partial charge in [0.2, 0.25) is 5.91 Å². The molecular weight excluding hydrogens is 228 g/mol. The van der Waals surface area contributed by atoms with Crippen molar-refractivity contribution in [3.8, 4) is 0 Å². The predicted octanol–water partition coefficient (Wildman–Crippen LogP) is 1.97. The molecular formula is C14H28N2O2. The Bertz CT molecular complexity index is 228. The molecule has 0 heterocycles. The Hall–Kier alpha value is -0.610. The van der Waals surface area contributed by atoms with E-state index in [1.165, 1.54) is 32.1 Å². The SMILES string of the molecule is CCCC(N)C(=O)NCCCOC1CCCCC1. The fraction of sp³-hybridized carbons (Fsp3) is 0.929. The summed E-state index contributed by atoms with van der Waals surface area (Å²) >= 11 is 0. The van der Waals surface area contributed by atoms with Crippen LogP contribution in [0.5, 0.6) is 0 Å². The van der Waals surface area contributed by atoms with Crippen molar-refractivity contribution in [1.82, 2.24) is 5.32 Å². The fourth-order valence-electron chi connectivity index (χ4n) is 2.34. The molecule has 0 saturated heterocycles. The fourth-order valence-corrected chi connectivity index (χ4v) is 2.34. The normalized spacial score (nSPS) is 18.6. The van der Waals surface area contributed by atoms with E-state index in [0.29, 0.717) is 12.6 Å². The second-order valence-corrected chi connectivity index (χ2v) is 5.17. The molecule has 1 amide bonds. The molecule has 0 spiro atoms. The lowest BCUT2D eigenvalue weighted by atomic mass is 9.98. The van der Waals surface area contributed by atoms with Crippen molar-refractivity contribution < 1.29 is 9.53 Å². The minimum atomic E-state index is -0.353. The summed E-state index contributed by atoms with van der Waals surface area (Å²) in [6, 6.07) is -0.353. The van der Waals surface area contributed by atoms with Crippen LogP contribution in [0.25, 0.3) is 0 Å². The molecule has 0 aromatic carbocycles. The van der Waals surface area contributed by atoms with Crippen LogP contribution >= 0.6 is 0 Å². The van der Waals surface area contributed by atoms with Gasteiger partial charge in [0.05, 0.1) is 12.1 Å². The van der Waals surface area contributed by atoms with E-state index in [0.717, 1.165) is 25.9 Å². The average molecular weight is 256 g/mol. The number of rotatable bonds is 8. The molecule has 106 valence electrons. The summed E-state index contributed by atoms with van der Waals surface area (Å²) in [5, 5.41) is 2.86. The third kappa shape index (κ3) is 6.36. The first kappa shape index (κ1) is 15.4. The van der Waals surface area contributed by atoms with E-state index in [2.05, 4.69) is 5.32 Å². The van der Waals surface area contributed by atoms with Gasteiger partial charge < -0.3 is 15.8 Å². The predicted molar refractivity (Wildman–Crippen MR) is 73.3 cm³/mol. The lowest BCUT2D eigenvalue weighted by molar-refractivity contribution is -0.122. The molecule has 0 aromatic rings. The maximum absolute atomic E-state index is 11.5. The van der Waals surface area contributed by atoms with Crippen molar-refractivity contribution in [2.45, 2.75) is 70.4 Å². The molecule has 4 nitrogen and oxygen atoms in total. The number of nitrogens with two attached hydrogens (primary N) is 1. The minimum Gasteiger partial charge on any atom is -0.378 e. The van der Waals surface area contributed by atoms with Crippen LogP contribution < -0.4 is 11.1 Å². The highest BCUT2D eigenvalue weighted by atomic mass is 16.5. The Balaban J connectivity index is 1.95. The highest BCUT2D eigenvalue weighted by Crippen LogP contribution is 2.20. The number of hydrogen-bond donors (Lipinski definition) is 2. The summed E-state index contributed by atoms with van der Waals surface area (Å²) in [5.41, 5.74) is 5.72. The molecule has 4 heteroatoms. The Labute approximate surface area is 111 Å². The molecule has 1 fully saturated rings. The molecule has 1 rings (SSSR count). The summed E-state index contributed by atoms with van der Waals surface area (Å²) in [4.78, 5) is 11.5. The van der Waals surface area contributed by atoms with Gasteiger partial charge in [-0.05, 0) is 25.7 Å². The van der Waals surface area contributed by atoms with Gasteiger partial charge in [-0.3, -0.25) is 4.79 Å². The number of amides is 1. The summed E-state index contributed by atoms with van der Waals surface area (Å²) in [7, 11) is 0. The van der Waals surface area contributed by atoms with Gasteiger partial charge in [-0.1, -0.05) is 32.6 Å². The Morgan fingerprint density at radius 2 is 2.11 bits per heavy atom. The zero-order valence-electron chi connectivity index (χ0n) is 11.6. The molecule has 1 saturated carbocycles. The molecule has 0 aliphatic heterocycles. The van der Waals surface area contributed by atoms with Gasteiger partial charge in [-0.15, -0.1) is 0 Å². The van der Waals surface area contributed by atoms with Crippen LogP contribution in [0.2, 0.25) is 0 Å². The molecule has 0 radical (unpaired) electrons. The highest BCUT2D eigenvalue weighted by molar-refractivity contribution is 5.81. The number of ether oxygens (including phenoxy) is 1. The van der Waals surface area contributed by atoms with Crippen LogP contribution in [0.1, 0.15) is 58.3 Å². The van der Waals surface area contributed by atoms with E-state index < -0.39 is 0 Å². The molecule has 3 N–H and O–H groups in total. The largest absolute Gasteiger partial charge is 0.378 e. The van der Waals surface area contributed by atoms with Crippen LogP contribution in [-0.4, -0.2) is 31.2 Å². The van der Waals surface area contributed by atoms with E-state index in [9.17, 15) is 4.79 Å². The van der Waals surface area contributed by atoms with E-state index in [-0.39, 0.29) is 11.9 Å². The van der Waals surface area contributed by atoms with Gasteiger partial charge in [-0.25, -0.2) is 0 Å². The second kappa shape index (κ2) is 9.34. The molecule has 1 aliphatic carbocycles. The summed E-state index contributed by atoms with van der Waals surface area (Å²) in [6.07, 6.45) is 9.38. The van der Waals surface area contributed by atoms with Gasteiger partial charge in [0, 0.05) is 13.2 Å². The molecule has 1 aliphatic rings. The van der Waals surface area contributed by atoms with Crippen LogP contribution in [-0.2, 0) is 9.53 Å². The van der Waals surface area contributed by atoms with Gasteiger partial charge in [0.25, 0.3) is 0 Å². The lowest BCUT2D eigenvalue weighted by Gasteiger charge is -2.22. The average Bonchev–Trinajstić information content (AvgIpc) is 2.39. The smallest absolute Gasteiger partial charge is 0.236 e. The van der Waals surface area contributed by atoms with Crippen LogP contribution in [0, 0.1) is 0 Å². The van der Waals surface area contributed by atoms with Crippen LogP contribution in [0.4, 0.5) is 0 Å². The number of nitrogens with one attached hydrogen (secondary N) is 1. The van der Waals surface area contributed by atoms with Crippen molar-refractivity contribution >= 4 is 5.91 Å². The maximum atomic E-state index is 11.5. The maximum Gasteiger partial charge on any atom is 0.236 e. The van der Waals surface area contributed by atoms with E-state index in [1.54, 1.807) is 0 Å². The zero-order chi connectivity index (χ0) is 13.2. The Morgan fingerprint density at radius 3 is 2.78 bits per heavy atom. The first-order chi connectivity index (χ1) is 8.74. The van der Waals surface area contributed by atoms with Crippen LogP contribution in [0.3, 0.4) is 0 Å². The van der Waals surface area contributed by atoms with Crippen molar-refractivity contribution in [2.75, 3.05) is 13.2 Å². The molecule has 1 atom stereocenters. The molecule has 0 aromatic heterocycles. The summed E-state index contributed by atoms with van der Waals surface area (Å²) < 4.78 is 5.79. The first-order valence-electron chi connectivity index (χ1n) is 7.39.